The van der Waals surface area contributed by atoms with Crippen molar-refractivity contribution in [2.45, 2.75) is 19.3 Å². The van der Waals surface area contributed by atoms with E-state index in [9.17, 15) is 14.0 Å². The van der Waals surface area contributed by atoms with E-state index in [-0.39, 0.29) is 17.6 Å². The molecule has 4 nitrogen and oxygen atoms in total. The quantitative estimate of drug-likeness (QED) is 0.801. The van der Waals surface area contributed by atoms with Crippen molar-refractivity contribution in [2.24, 2.45) is 5.73 Å². The van der Waals surface area contributed by atoms with E-state index in [1.165, 1.54) is 12.1 Å². The molecule has 0 aliphatic heterocycles. The van der Waals surface area contributed by atoms with Crippen LogP contribution in [0.15, 0.2) is 36.4 Å². The van der Waals surface area contributed by atoms with Gasteiger partial charge in [-0.1, -0.05) is 24.3 Å². The van der Waals surface area contributed by atoms with Gasteiger partial charge in [-0.25, -0.2) is 4.39 Å². The Bertz CT molecular complexity index is 670. The number of fused-ring (bicyclic) bond motifs is 1. The fourth-order valence-corrected chi connectivity index (χ4v) is 2.18. The number of halogens is 1. The fraction of sp³-hybridized carbons (Fsp3) is 0.250. The number of hydrogen-bond acceptors (Lipinski definition) is 2. The second kappa shape index (κ2) is 6.83. The van der Waals surface area contributed by atoms with Crippen LogP contribution in [0.1, 0.15) is 29.6 Å². The summed E-state index contributed by atoms with van der Waals surface area (Å²) < 4.78 is 13.7. The van der Waals surface area contributed by atoms with E-state index in [1.54, 1.807) is 24.3 Å². The molecule has 0 atom stereocenters. The van der Waals surface area contributed by atoms with Gasteiger partial charge in [0.15, 0.2) is 0 Å². The molecule has 0 saturated carbocycles. The van der Waals surface area contributed by atoms with E-state index in [0.29, 0.717) is 42.1 Å². The lowest BCUT2D eigenvalue weighted by molar-refractivity contribution is -0.118. The smallest absolute Gasteiger partial charge is 0.251 e. The molecule has 0 unspecified atom stereocenters. The lowest BCUT2D eigenvalue weighted by atomic mass is 10.0. The summed E-state index contributed by atoms with van der Waals surface area (Å²) in [6.07, 6.45) is 1.63. The topological polar surface area (TPSA) is 72.2 Å². The van der Waals surface area contributed by atoms with Crippen molar-refractivity contribution in [1.29, 1.82) is 0 Å². The van der Waals surface area contributed by atoms with Gasteiger partial charge in [-0.3, -0.25) is 9.59 Å². The zero-order chi connectivity index (χ0) is 15.2. The zero-order valence-electron chi connectivity index (χ0n) is 11.6. The molecule has 0 aliphatic carbocycles. The molecule has 5 heteroatoms. The van der Waals surface area contributed by atoms with Crippen LogP contribution in [-0.4, -0.2) is 18.4 Å². The molecule has 0 radical (unpaired) electrons. The van der Waals surface area contributed by atoms with Crippen LogP contribution in [-0.2, 0) is 4.79 Å². The number of carbonyl (C=O) groups excluding carboxylic acids is 2. The highest BCUT2D eigenvalue weighted by molar-refractivity contribution is 6.07. The Hall–Kier alpha value is -2.43. The van der Waals surface area contributed by atoms with Gasteiger partial charge >= 0.3 is 0 Å². The van der Waals surface area contributed by atoms with E-state index >= 15 is 0 Å². The van der Waals surface area contributed by atoms with Gasteiger partial charge in [-0.2, -0.15) is 0 Å². The van der Waals surface area contributed by atoms with Gasteiger partial charge in [-0.05, 0) is 30.4 Å². The number of carbonyl (C=O) groups is 2. The van der Waals surface area contributed by atoms with Crippen LogP contribution < -0.4 is 11.1 Å². The molecule has 0 aliphatic rings. The Morgan fingerprint density at radius 1 is 1.05 bits per heavy atom. The summed E-state index contributed by atoms with van der Waals surface area (Å²) in [7, 11) is 0. The molecule has 21 heavy (non-hydrogen) atoms. The summed E-state index contributed by atoms with van der Waals surface area (Å²) >= 11 is 0. The lowest BCUT2D eigenvalue weighted by Crippen LogP contribution is -2.25. The third kappa shape index (κ3) is 3.78. The minimum atomic E-state index is -0.344. The number of nitrogens with one attached hydrogen (secondary N) is 1. The predicted octanol–water partition coefficient (Wildman–Crippen LogP) is 2.36. The number of amides is 2. The van der Waals surface area contributed by atoms with Crippen LogP contribution in [0, 0.1) is 5.82 Å². The zero-order valence-corrected chi connectivity index (χ0v) is 11.6. The minimum absolute atomic E-state index is 0.245. The number of rotatable bonds is 6. The molecule has 2 amide bonds. The summed E-state index contributed by atoms with van der Waals surface area (Å²) in [6, 6.07) is 9.65. The molecule has 2 aromatic carbocycles. The number of primary amides is 1. The highest BCUT2D eigenvalue weighted by Crippen LogP contribution is 2.21. The van der Waals surface area contributed by atoms with Crippen LogP contribution >= 0.6 is 0 Å². The molecule has 0 heterocycles. The molecular weight excluding hydrogens is 271 g/mol. The third-order valence-corrected chi connectivity index (χ3v) is 3.25. The maximum absolute atomic E-state index is 13.7. The first-order valence-corrected chi connectivity index (χ1v) is 6.83. The van der Waals surface area contributed by atoms with Crippen molar-refractivity contribution in [3.05, 3.63) is 47.8 Å². The first kappa shape index (κ1) is 15.0. The maximum Gasteiger partial charge on any atom is 0.251 e. The van der Waals surface area contributed by atoms with Crippen LogP contribution in [0.4, 0.5) is 4.39 Å². The van der Waals surface area contributed by atoms with E-state index in [1.807, 2.05) is 0 Å². The Morgan fingerprint density at radius 3 is 2.48 bits per heavy atom. The summed E-state index contributed by atoms with van der Waals surface area (Å²) in [6.45, 7) is 0.456. The van der Waals surface area contributed by atoms with Crippen molar-refractivity contribution in [3.63, 3.8) is 0 Å². The fourth-order valence-electron chi connectivity index (χ4n) is 2.18. The van der Waals surface area contributed by atoms with E-state index in [2.05, 4.69) is 5.32 Å². The molecule has 2 rings (SSSR count). The molecule has 0 bridgehead atoms. The predicted molar refractivity (Wildman–Crippen MR) is 79.3 cm³/mol. The second-order valence-electron chi connectivity index (χ2n) is 4.82. The molecule has 3 N–H and O–H groups in total. The first-order valence-electron chi connectivity index (χ1n) is 6.83. The maximum atomic E-state index is 13.7. The van der Waals surface area contributed by atoms with Gasteiger partial charge in [-0.15, -0.1) is 0 Å². The van der Waals surface area contributed by atoms with Gasteiger partial charge in [0.05, 0.1) is 0 Å². The Morgan fingerprint density at radius 2 is 1.76 bits per heavy atom. The largest absolute Gasteiger partial charge is 0.370 e. The van der Waals surface area contributed by atoms with Gasteiger partial charge in [0, 0.05) is 23.9 Å². The molecular formula is C16H17FN2O2. The number of nitrogens with two attached hydrogens (primary N) is 1. The lowest BCUT2D eigenvalue weighted by Gasteiger charge is -2.08. The van der Waals surface area contributed by atoms with Crippen molar-refractivity contribution in [2.75, 3.05) is 6.54 Å². The standard InChI is InChI=1S/C16H17FN2O2/c17-14-9-8-13(11-5-1-2-6-12(11)14)16(21)19-10-4-3-7-15(18)20/h1-2,5-6,8-9H,3-4,7,10H2,(H2,18,20)(H,19,21). The van der Waals surface area contributed by atoms with E-state index in [4.69, 9.17) is 5.73 Å². The molecule has 0 spiro atoms. The molecule has 0 saturated heterocycles. The van der Waals surface area contributed by atoms with Crippen LogP contribution in [0.3, 0.4) is 0 Å². The summed E-state index contributed by atoms with van der Waals surface area (Å²) in [5, 5.41) is 3.79. The normalized spacial score (nSPS) is 10.5. The SMILES string of the molecule is NC(=O)CCCCNC(=O)c1ccc(F)c2ccccc12. The second-order valence-corrected chi connectivity index (χ2v) is 4.82. The highest BCUT2D eigenvalue weighted by Gasteiger charge is 2.11. The minimum Gasteiger partial charge on any atom is -0.370 e. The van der Waals surface area contributed by atoms with E-state index in [0.717, 1.165) is 0 Å². The average molecular weight is 288 g/mol. The summed E-state index contributed by atoms with van der Waals surface area (Å²) in [4.78, 5) is 22.7. The van der Waals surface area contributed by atoms with Crippen molar-refractivity contribution in [1.82, 2.24) is 5.32 Å². The van der Waals surface area contributed by atoms with Gasteiger partial charge in [0.2, 0.25) is 5.91 Å². The molecule has 0 fully saturated rings. The van der Waals surface area contributed by atoms with E-state index < -0.39 is 0 Å². The average Bonchev–Trinajstić information content (AvgIpc) is 2.47. The van der Waals surface area contributed by atoms with Crippen LogP contribution in [0.5, 0.6) is 0 Å². The Balaban J connectivity index is 2.03. The number of hydrogen-bond donors (Lipinski definition) is 2. The van der Waals surface area contributed by atoms with Crippen molar-refractivity contribution >= 4 is 22.6 Å². The Kier molecular flexibility index (Phi) is 4.87. The molecule has 2 aromatic rings. The molecule has 110 valence electrons. The monoisotopic (exact) mass is 288 g/mol. The van der Waals surface area contributed by atoms with Gasteiger partial charge in [0.25, 0.3) is 5.91 Å². The highest BCUT2D eigenvalue weighted by atomic mass is 19.1. The van der Waals surface area contributed by atoms with Crippen LogP contribution in [0.2, 0.25) is 0 Å². The Labute approximate surface area is 122 Å². The van der Waals surface area contributed by atoms with Crippen molar-refractivity contribution in [3.8, 4) is 0 Å². The number of benzene rings is 2. The molecule has 0 aromatic heterocycles. The van der Waals surface area contributed by atoms with Crippen LogP contribution in [0.25, 0.3) is 10.8 Å². The first-order chi connectivity index (χ1) is 10.1. The third-order valence-electron chi connectivity index (χ3n) is 3.25. The van der Waals surface area contributed by atoms with Crippen molar-refractivity contribution < 1.29 is 14.0 Å². The van der Waals surface area contributed by atoms with Gasteiger partial charge < -0.3 is 11.1 Å². The number of unbranched alkanes of at least 4 members (excludes halogenated alkanes) is 1. The van der Waals surface area contributed by atoms with Gasteiger partial charge in [0.1, 0.15) is 5.82 Å². The summed E-state index contributed by atoms with van der Waals surface area (Å²) in [5.41, 5.74) is 5.49. The summed E-state index contributed by atoms with van der Waals surface area (Å²) in [5.74, 6) is -0.931.